The van der Waals surface area contributed by atoms with Crippen molar-refractivity contribution in [2.24, 2.45) is 5.92 Å². The SMILES string of the molecule is C=C1CC(=C)C(=CC2=C(C3=CC=CC3)Cc3ccccc3C2c2ccc(C)cc2)C(C)C1. The molecule has 3 aliphatic carbocycles. The Hall–Kier alpha value is -3.12. The summed E-state index contributed by atoms with van der Waals surface area (Å²) in [7, 11) is 0. The molecule has 0 amide bonds. The summed E-state index contributed by atoms with van der Waals surface area (Å²) in [5.41, 5.74) is 13.9. The van der Waals surface area contributed by atoms with Crippen LogP contribution in [0.5, 0.6) is 0 Å². The molecule has 5 rings (SSSR count). The molecule has 0 radical (unpaired) electrons. The van der Waals surface area contributed by atoms with Gasteiger partial charge >= 0.3 is 0 Å². The molecule has 1 saturated carbocycles. The van der Waals surface area contributed by atoms with E-state index in [1.165, 1.54) is 55.7 Å². The summed E-state index contributed by atoms with van der Waals surface area (Å²) in [6, 6.07) is 18.2. The Bertz CT molecular complexity index is 1210. The highest BCUT2D eigenvalue weighted by atomic mass is 14.3. The molecule has 2 atom stereocenters. The Labute approximate surface area is 193 Å². The summed E-state index contributed by atoms with van der Waals surface area (Å²) in [6.45, 7) is 13.2. The first kappa shape index (κ1) is 20.8. The number of hydrogen-bond donors (Lipinski definition) is 0. The fourth-order valence-electron chi connectivity index (χ4n) is 5.65. The van der Waals surface area contributed by atoms with Gasteiger partial charge in [-0.05, 0) is 83.1 Å². The van der Waals surface area contributed by atoms with Crippen LogP contribution in [-0.2, 0) is 6.42 Å². The smallest absolute Gasteiger partial charge is 0.0345 e. The van der Waals surface area contributed by atoms with Gasteiger partial charge in [0.2, 0.25) is 0 Å². The first-order valence-corrected chi connectivity index (χ1v) is 11.8. The molecule has 1 fully saturated rings. The molecular formula is C32H32. The minimum absolute atomic E-state index is 0.245. The molecule has 0 heteroatoms. The van der Waals surface area contributed by atoms with Gasteiger partial charge in [-0.1, -0.05) is 104 Å². The van der Waals surface area contributed by atoms with Gasteiger partial charge in [-0.25, -0.2) is 0 Å². The van der Waals surface area contributed by atoms with Gasteiger partial charge in [0.25, 0.3) is 0 Å². The maximum atomic E-state index is 4.46. The van der Waals surface area contributed by atoms with Crippen LogP contribution in [0.2, 0.25) is 0 Å². The molecule has 0 nitrogen and oxygen atoms in total. The third kappa shape index (κ3) is 3.79. The molecule has 0 N–H and O–H groups in total. The molecule has 160 valence electrons. The number of aryl methyl sites for hydroxylation is 1. The summed E-state index contributed by atoms with van der Waals surface area (Å²) < 4.78 is 0. The zero-order chi connectivity index (χ0) is 22.2. The fraction of sp³-hybridized carbons (Fsp3) is 0.250. The number of hydrogen-bond acceptors (Lipinski definition) is 0. The number of benzene rings is 2. The van der Waals surface area contributed by atoms with E-state index < -0.39 is 0 Å². The van der Waals surface area contributed by atoms with Gasteiger partial charge < -0.3 is 0 Å². The van der Waals surface area contributed by atoms with Crippen LogP contribution in [0.3, 0.4) is 0 Å². The van der Waals surface area contributed by atoms with Gasteiger partial charge in [-0.15, -0.1) is 0 Å². The van der Waals surface area contributed by atoms with Crippen LogP contribution in [0.4, 0.5) is 0 Å². The molecular weight excluding hydrogens is 384 g/mol. The van der Waals surface area contributed by atoms with E-state index in [0.717, 1.165) is 25.7 Å². The van der Waals surface area contributed by atoms with E-state index in [2.05, 4.69) is 99.8 Å². The molecule has 32 heavy (non-hydrogen) atoms. The second-order valence-corrected chi connectivity index (χ2v) is 9.71. The Morgan fingerprint density at radius 2 is 1.75 bits per heavy atom. The Morgan fingerprint density at radius 1 is 0.969 bits per heavy atom. The normalized spacial score (nSPS) is 24.2. The molecule has 0 aromatic heterocycles. The van der Waals surface area contributed by atoms with Crippen molar-refractivity contribution in [3.8, 4) is 0 Å². The van der Waals surface area contributed by atoms with Crippen LogP contribution < -0.4 is 0 Å². The van der Waals surface area contributed by atoms with Crippen molar-refractivity contribution in [2.75, 3.05) is 0 Å². The maximum Gasteiger partial charge on any atom is 0.0345 e. The lowest BCUT2D eigenvalue weighted by Gasteiger charge is -2.33. The molecule has 0 spiro atoms. The zero-order valence-electron chi connectivity index (χ0n) is 19.3. The molecule has 0 heterocycles. The van der Waals surface area contributed by atoms with Crippen molar-refractivity contribution in [1.82, 2.24) is 0 Å². The van der Waals surface area contributed by atoms with Crippen LogP contribution in [-0.4, -0.2) is 0 Å². The number of allylic oxidation sites excluding steroid dienone is 10. The van der Waals surface area contributed by atoms with E-state index in [-0.39, 0.29) is 5.92 Å². The summed E-state index contributed by atoms with van der Waals surface area (Å²) in [6.07, 6.45) is 13.3. The van der Waals surface area contributed by atoms with Gasteiger partial charge in [0.15, 0.2) is 0 Å². The highest BCUT2D eigenvalue weighted by Crippen LogP contribution is 2.46. The molecule has 2 aromatic rings. The average Bonchev–Trinajstić information content (AvgIpc) is 3.31. The van der Waals surface area contributed by atoms with Crippen LogP contribution in [0, 0.1) is 12.8 Å². The van der Waals surface area contributed by atoms with E-state index in [1.54, 1.807) is 0 Å². The molecule has 3 aliphatic rings. The lowest BCUT2D eigenvalue weighted by atomic mass is 9.70. The largest absolute Gasteiger partial charge is 0.0995 e. The summed E-state index contributed by atoms with van der Waals surface area (Å²) in [5, 5.41) is 0. The molecule has 2 unspecified atom stereocenters. The van der Waals surface area contributed by atoms with Gasteiger partial charge in [0, 0.05) is 5.92 Å². The molecule has 0 aliphatic heterocycles. The van der Waals surface area contributed by atoms with Crippen molar-refractivity contribution in [3.05, 3.63) is 142 Å². The van der Waals surface area contributed by atoms with Crippen LogP contribution >= 0.6 is 0 Å². The van der Waals surface area contributed by atoms with Crippen molar-refractivity contribution in [1.29, 1.82) is 0 Å². The zero-order valence-corrected chi connectivity index (χ0v) is 19.3. The highest BCUT2D eigenvalue weighted by Gasteiger charge is 2.31. The number of fused-ring (bicyclic) bond motifs is 1. The minimum atomic E-state index is 0.245. The molecule has 0 bridgehead atoms. The standard InChI is InChI=1S/C32H32/c1-21-13-15-26(16-14-21)32-28-12-8-7-11-27(28)19-30(25-9-5-6-10-25)31(32)20-29-23(3)17-22(2)18-24(29)4/h5-9,11-16,20,24,32H,2-3,10,17-19H2,1,4H3. The average molecular weight is 417 g/mol. The van der Waals surface area contributed by atoms with E-state index >= 15 is 0 Å². The molecule has 2 aromatic carbocycles. The fourth-order valence-corrected chi connectivity index (χ4v) is 5.65. The first-order chi connectivity index (χ1) is 15.5. The van der Waals surface area contributed by atoms with Gasteiger partial charge in [0.1, 0.15) is 0 Å². The molecule has 0 saturated heterocycles. The van der Waals surface area contributed by atoms with E-state index in [4.69, 9.17) is 0 Å². The van der Waals surface area contributed by atoms with Crippen LogP contribution in [0.25, 0.3) is 0 Å². The minimum Gasteiger partial charge on any atom is -0.0995 e. The van der Waals surface area contributed by atoms with Crippen molar-refractivity contribution < 1.29 is 0 Å². The lowest BCUT2D eigenvalue weighted by molar-refractivity contribution is 0.631. The van der Waals surface area contributed by atoms with Gasteiger partial charge in [0.05, 0.1) is 0 Å². The summed E-state index contributed by atoms with van der Waals surface area (Å²) >= 11 is 0. The van der Waals surface area contributed by atoms with E-state index in [1.807, 2.05) is 0 Å². The maximum absolute atomic E-state index is 4.46. The second kappa shape index (κ2) is 8.43. The van der Waals surface area contributed by atoms with Crippen molar-refractivity contribution in [2.45, 2.75) is 45.4 Å². The van der Waals surface area contributed by atoms with E-state index in [9.17, 15) is 0 Å². The third-order valence-electron chi connectivity index (χ3n) is 7.27. The predicted molar refractivity (Wildman–Crippen MR) is 137 cm³/mol. The van der Waals surface area contributed by atoms with Crippen molar-refractivity contribution in [3.63, 3.8) is 0 Å². The second-order valence-electron chi connectivity index (χ2n) is 9.71. The number of rotatable bonds is 3. The quantitative estimate of drug-likeness (QED) is 0.441. The van der Waals surface area contributed by atoms with E-state index in [0.29, 0.717) is 5.92 Å². The monoisotopic (exact) mass is 416 g/mol. The Balaban J connectivity index is 1.74. The van der Waals surface area contributed by atoms with Gasteiger partial charge in [-0.2, -0.15) is 0 Å². The van der Waals surface area contributed by atoms with Crippen molar-refractivity contribution >= 4 is 0 Å². The summed E-state index contributed by atoms with van der Waals surface area (Å²) in [5.74, 6) is 0.707. The topological polar surface area (TPSA) is 0 Å². The Kier molecular flexibility index (Phi) is 5.47. The third-order valence-corrected chi connectivity index (χ3v) is 7.27. The van der Waals surface area contributed by atoms with Gasteiger partial charge in [-0.3, -0.25) is 0 Å². The lowest BCUT2D eigenvalue weighted by Crippen LogP contribution is -2.18. The van der Waals surface area contributed by atoms with Crippen LogP contribution in [0.1, 0.15) is 54.4 Å². The Morgan fingerprint density at radius 3 is 2.47 bits per heavy atom. The first-order valence-electron chi connectivity index (χ1n) is 11.8. The summed E-state index contributed by atoms with van der Waals surface area (Å²) in [4.78, 5) is 0. The predicted octanol–water partition coefficient (Wildman–Crippen LogP) is 8.33. The van der Waals surface area contributed by atoms with Crippen LogP contribution in [0.15, 0.2) is 119 Å². The highest BCUT2D eigenvalue weighted by molar-refractivity contribution is 5.62.